The monoisotopic (exact) mass is 256 g/mol. The first-order chi connectivity index (χ1) is 8.65. The van der Waals surface area contributed by atoms with Gasteiger partial charge in [0.1, 0.15) is 0 Å². The molecule has 106 valence electrons. The van der Waals surface area contributed by atoms with Gasteiger partial charge in [-0.05, 0) is 32.1 Å². The SMILES string of the molecule is CCOCC(NCC(=O)N1CCCCC1)C(C)C. The predicted octanol–water partition coefficient (Wildman–Crippen LogP) is 1.65. The van der Waals surface area contributed by atoms with E-state index in [9.17, 15) is 4.79 Å². The van der Waals surface area contributed by atoms with Crippen molar-refractivity contribution in [3.63, 3.8) is 0 Å². The first-order valence-electron chi connectivity index (χ1n) is 7.24. The van der Waals surface area contributed by atoms with Crippen LogP contribution in [0.2, 0.25) is 0 Å². The summed E-state index contributed by atoms with van der Waals surface area (Å²) in [6, 6.07) is 0.263. The molecule has 18 heavy (non-hydrogen) atoms. The lowest BCUT2D eigenvalue weighted by atomic mass is 10.1. The lowest BCUT2D eigenvalue weighted by molar-refractivity contribution is -0.131. The number of piperidine rings is 1. The topological polar surface area (TPSA) is 41.6 Å². The van der Waals surface area contributed by atoms with E-state index in [-0.39, 0.29) is 11.9 Å². The van der Waals surface area contributed by atoms with Crippen LogP contribution in [0, 0.1) is 5.92 Å². The van der Waals surface area contributed by atoms with Crippen LogP contribution in [0.25, 0.3) is 0 Å². The van der Waals surface area contributed by atoms with Crippen LogP contribution >= 0.6 is 0 Å². The van der Waals surface area contributed by atoms with Crippen molar-refractivity contribution in [1.82, 2.24) is 10.2 Å². The molecule has 4 heteroatoms. The Labute approximate surface area is 111 Å². The van der Waals surface area contributed by atoms with E-state index >= 15 is 0 Å². The number of rotatable bonds is 7. The molecule has 0 bridgehead atoms. The minimum atomic E-state index is 0.233. The molecule has 1 saturated heterocycles. The van der Waals surface area contributed by atoms with Crippen molar-refractivity contribution in [1.29, 1.82) is 0 Å². The van der Waals surface area contributed by atoms with Crippen LogP contribution in [0.3, 0.4) is 0 Å². The van der Waals surface area contributed by atoms with E-state index in [0.29, 0.717) is 19.1 Å². The van der Waals surface area contributed by atoms with Crippen LogP contribution in [-0.4, -0.2) is 49.7 Å². The summed E-state index contributed by atoms with van der Waals surface area (Å²) in [4.78, 5) is 14.0. The van der Waals surface area contributed by atoms with Gasteiger partial charge >= 0.3 is 0 Å². The highest BCUT2D eigenvalue weighted by molar-refractivity contribution is 5.78. The molecule has 1 fully saturated rings. The number of carbonyl (C=O) groups is 1. The van der Waals surface area contributed by atoms with Gasteiger partial charge in [-0.1, -0.05) is 13.8 Å². The summed E-state index contributed by atoms with van der Waals surface area (Å²) in [5.74, 6) is 0.711. The maximum absolute atomic E-state index is 12.0. The Morgan fingerprint density at radius 1 is 1.28 bits per heavy atom. The fourth-order valence-electron chi connectivity index (χ4n) is 2.21. The summed E-state index contributed by atoms with van der Waals surface area (Å²) in [5, 5.41) is 3.33. The molecule has 4 nitrogen and oxygen atoms in total. The van der Waals surface area contributed by atoms with Gasteiger partial charge in [-0.2, -0.15) is 0 Å². The van der Waals surface area contributed by atoms with Crippen molar-refractivity contribution < 1.29 is 9.53 Å². The number of hydrogen-bond acceptors (Lipinski definition) is 3. The van der Waals surface area contributed by atoms with Crippen molar-refractivity contribution in [2.24, 2.45) is 5.92 Å². The molecule has 1 aliphatic heterocycles. The van der Waals surface area contributed by atoms with Gasteiger partial charge in [-0.25, -0.2) is 0 Å². The molecule has 1 rings (SSSR count). The van der Waals surface area contributed by atoms with E-state index in [1.54, 1.807) is 0 Å². The highest BCUT2D eigenvalue weighted by Crippen LogP contribution is 2.09. The van der Waals surface area contributed by atoms with Gasteiger partial charge in [-0.15, -0.1) is 0 Å². The number of hydrogen-bond donors (Lipinski definition) is 1. The van der Waals surface area contributed by atoms with Crippen LogP contribution < -0.4 is 5.32 Å². The second-order valence-corrected chi connectivity index (χ2v) is 5.33. The first-order valence-corrected chi connectivity index (χ1v) is 7.24. The Morgan fingerprint density at radius 3 is 2.50 bits per heavy atom. The number of amides is 1. The molecular formula is C14H28N2O2. The van der Waals surface area contributed by atoms with Gasteiger partial charge in [0.15, 0.2) is 0 Å². The average molecular weight is 256 g/mol. The molecule has 0 aromatic heterocycles. The second kappa shape index (κ2) is 8.48. The zero-order chi connectivity index (χ0) is 13.4. The Balaban J connectivity index is 2.29. The molecule has 1 atom stereocenters. The Bertz CT molecular complexity index is 238. The zero-order valence-electron chi connectivity index (χ0n) is 12.1. The molecule has 1 unspecified atom stereocenters. The summed E-state index contributed by atoms with van der Waals surface area (Å²) in [5.41, 5.74) is 0. The lowest BCUT2D eigenvalue weighted by Gasteiger charge is -2.28. The van der Waals surface area contributed by atoms with Gasteiger partial charge in [0, 0.05) is 25.7 Å². The van der Waals surface area contributed by atoms with Gasteiger partial charge in [0.25, 0.3) is 0 Å². The maximum atomic E-state index is 12.0. The summed E-state index contributed by atoms with van der Waals surface area (Å²) in [6.45, 7) is 10.0. The largest absolute Gasteiger partial charge is 0.380 e. The first kappa shape index (κ1) is 15.4. The van der Waals surface area contributed by atoms with Crippen LogP contribution in [0.5, 0.6) is 0 Å². The van der Waals surface area contributed by atoms with Crippen LogP contribution in [-0.2, 0) is 9.53 Å². The quantitative estimate of drug-likeness (QED) is 0.753. The van der Waals surface area contributed by atoms with E-state index in [0.717, 1.165) is 32.5 Å². The number of nitrogens with zero attached hydrogens (tertiary/aromatic N) is 1. The number of likely N-dealkylation sites (tertiary alicyclic amines) is 1. The minimum absolute atomic E-state index is 0.233. The summed E-state index contributed by atoms with van der Waals surface area (Å²) in [7, 11) is 0. The molecule has 1 N–H and O–H groups in total. The van der Waals surface area contributed by atoms with Gasteiger partial charge in [-0.3, -0.25) is 4.79 Å². The Hall–Kier alpha value is -0.610. The third kappa shape index (κ3) is 5.36. The van der Waals surface area contributed by atoms with Gasteiger partial charge < -0.3 is 15.0 Å². The molecule has 1 aliphatic rings. The van der Waals surface area contributed by atoms with Gasteiger partial charge in [0.2, 0.25) is 5.91 Å². The number of ether oxygens (including phenoxy) is 1. The van der Waals surface area contributed by atoms with Crippen molar-refractivity contribution in [2.45, 2.75) is 46.1 Å². The van der Waals surface area contributed by atoms with Crippen molar-refractivity contribution in [2.75, 3.05) is 32.8 Å². The van der Waals surface area contributed by atoms with Gasteiger partial charge in [0.05, 0.1) is 13.2 Å². The van der Waals surface area contributed by atoms with Crippen LogP contribution in [0.1, 0.15) is 40.0 Å². The third-order valence-electron chi connectivity index (χ3n) is 3.53. The molecule has 0 spiro atoms. The number of carbonyl (C=O) groups excluding carboxylic acids is 1. The smallest absolute Gasteiger partial charge is 0.236 e. The predicted molar refractivity (Wildman–Crippen MR) is 73.6 cm³/mol. The average Bonchev–Trinajstić information content (AvgIpc) is 2.39. The van der Waals surface area contributed by atoms with E-state index < -0.39 is 0 Å². The number of nitrogens with one attached hydrogen (secondary N) is 1. The molecule has 0 aromatic rings. The molecule has 0 aromatic carbocycles. The normalized spacial score (nSPS) is 18.1. The summed E-state index contributed by atoms with van der Waals surface area (Å²) >= 11 is 0. The van der Waals surface area contributed by atoms with Crippen LogP contribution in [0.15, 0.2) is 0 Å². The zero-order valence-corrected chi connectivity index (χ0v) is 12.1. The Kier molecular flexibility index (Phi) is 7.28. The molecular weight excluding hydrogens is 228 g/mol. The third-order valence-corrected chi connectivity index (χ3v) is 3.53. The molecule has 1 amide bonds. The fourth-order valence-corrected chi connectivity index (χ4v) is 2.21. The summed E-state index contributed by atoms with van der Waals surface area (Å²) < 4.78 is 5.45. The standard InChI is InChI=1S/C14H28N2O2/c1-4-18-11-13(12(2)3)15-10-14(17)16-8-6-5-7-9-16/h12-13,15H,4-11H2,1-3H3. The van der Waals surface area contributed by atoms with Crippen LogP contribution in [0.4, 0.5) is 0 Å². The molecule has 0 aliphatic carbocycles. The van der Waals surface area contributed by atoms with E-state index in [1.807, 2.05) is 11.8 Å². The van der Waals surface area contributed by atoms with E-state index in [1.165, 1.54) is 6.42 Å². The highest BCUT2D eigenvalue weighted by atomic mass is 16.5. The second-order valence-electron chi connectivity index (χ2n) is 5.33. The van der Waals surface area contributed by atoms with Crippen molar-refractivity contribution in [3.8, 4) is 0 Å². The van der Waals surface area contributed by atoms with E-state index in [4.69, 9.17) is 4.74 Å². The van der Waals surface area contributed by atoms with E-state index in [2.05, 4.69) is 19.2 Å². The lowest BCUT2D eigenvalue weighted by Crippen LogP contribution is -2.46. The fraction of sp³-hybridized carbons (Fsp3) is 0.929. The molecule has 0 radical (unpaired) electrons. The maximum Gasteiger partial charge on any atom is 0.236 e. The highest BCUT2D eigenvalue weighted by Gasteiger charge is 2.19. The molecule has 1 heterocycles. The Morgan fingerprint density at radius 2 is 1.94 bits per heavy atom. The van der Waals surface area contributed by atoms with Crippen molar-refractivity contribution in [3.05, 3.63) is 0 Å². The minimum Gasteiger partial charge on any atom is -0.380 e. The van der Waals surface area contributed by atoms with Crippen molar-refractivity contribution >= 4 is 5.91 Å². The molecule has 0 saturated carbocycles. The summed E-state index contributed by atoms with van der Waals surface area (Å²) in [6.07, 6.45) is 3.56.